The Bertz CT molecular complexity index is 863. The molecule has 0 bridgehead atoms. The molecule has 1 aromatic heterocycles. The summed E-state index contributed by atoms with van der Waals surface area (Å²) in [6, 6.07) is 5.44. The van der Waals surface area contributed by atoms with Crippen molar-refractivity contribution in [2.75, 3.05) is 24.5 Å². The van der Waals surface area contributed by atoms with Crippen LogP contribution in [0.1, 0.15) is 19.8 Å². The molecule has 2 aromatic rings. The summed E-state index contributed by atoms with van der Waals surface area (Å²) in [4.78, 5) is 20.1. The fraction of sp³-hybridized carbons (Fsp3) is 0.444. The van der Waals surface area contributed by atoms with Gasteiger partial charge in [-0.25, -0.2) is 4.98 Å². The molecule has 0 saturated carbocycles. The number of rotatable bonds is 4. The van der Waals surface area contributed by atoms with Gasteiger partial charge in [0.25, 0.3) is 5.56 Å². The Morgan fingerprint density at radius 2 is 2.00 bits per heavy atom. The fourth-order valence-electron chi connectivity index (χ4n) is 2.96. The topological polar surface area (TPSA) is 64.2 Å². The van der Waals surface area contributed by atoms with Gasteiger partial charge in [0.05, 0.1) is 16.2 Å². The maximum atomic E-state index is 12.8. The molecule has 1 fully saturated rings. The summed E-state index contributed by atoms with van der Waals surface area (Å²) in [7, 11) is 1.75. The molecule has 8 heteroatoms. The minimum Gasteiger partial charge on any atom is -0.352 e. The fourth-order valence-corrected chi connectivity index (χ4v) is 4.33. The number of aromatic nitrogens is 2. The quantitative estimate of drug-likeness (QED) is 0.826. The van der Waals surface area contributed by atoms with E-state index in [-0.39, 0.29) is 11.0 Å². The molecule has 1 saturated heterocycles. The number of benzene rings is 1. The molecule has 2 N–H and O–H groups in total. The highest BCUT2D eigenvalue weighted by Gasteiger charge is 2.30. The third-order valence-corrected chi connectivity index (χ3v) is 7.10. The molecule has 0 unspecified atom stereocenters. The van der Waals surface area contributed by atoms with Crippen molar-refractivity contribution in [2.24, 2.45) is 18.2 Å². The van der Waals surface area contributed by atoms with Crippen LogP contribution >= 0.6 is 35.0 Å². The van der Waals surface area contributed by atoms with Crippen LogP contribution in [0.4, 0.5) is 5.82 Å². The Labute approximate surface area is 167 Å². The summed E-state index contributed by atoms with van der Waals surface area (Å²) < 4.78 is 1.61. The number of piperidine rings is 1. The van der Waals surface area contributed by atoms with Crippen molar-refractivity contribution in [3.05, 3.63) is 44.8 Å². The zero-order valence-electron chi connectivity index (χ0n) is 14.8. The Balaban J connectivity index is 1.83. The molecule has 140 valence electrons. The third-order valence-electron chi connectivity index (χ3n) is 5.02. The normalized spacial score (nSPS) is 16.7. The van der Waals surface area contributed by atoms with Gasteiger partial charge in [-0.15, -0.1) is 0 Å². The second-order valence-corrected chi connectivity index (χ2v) is 8.79. The smallest absolute Gasteiger partial charge is 0.294 e. The summed E-state index contributed by atoms with van der Waals surface area (Å²) in [5, 5.41) is 1.68. The van der Waals surface area contributed by atoms with Crippen LogP contribution < -0.4 is 16.2 Å². The highest BCUT2D eigenvalue weighted by atomic mass is 35.5. The second-order valence-electron chi connectivity index (χ2n) is 6.94. The van der Waals surface area contributed by atoms with E-state index < -0.39 is 0 Å². The molecule has 2 heterocycles. The van der Waals surface area contributed by atoms with E-state index in [0.29, 0.717) is 27.4 Å². The first-order valence-corrected chi connectivity index (χ1v) is 10.0. The van der Waals surface area contributed by atoms with Gasteiger partial charge in [0.15, 0.2) is 5.82 Å². The molecule has 0 aliphatic carbocycles. The summed E-state index contributed by atoms with van der Waals surface area (Å²) in [6.07, 6.45) is 3.64. The first kappa shape index (κ1) is 19.5. The molecule has 1 aliphatic heterocycles. The lowest BCUT2D eigenvalue weighted by Gasteiger charge is -2.38. The summed E-state index contributed by atoms with van der Waals surface area (Å²) >= 11 is 13.7. The summed E-state index contributed by atoms with van der Waals surface area (Å²) in [5.74, 6) is 0.494. The minimum atomic E-state index is -0.107. The maximum absolute atomic E-state index is 12.8. The van der Waals surface area contributed by atoms with Gasteiger partial charge in [0.2, 0.25) is 0 Å². The second kappa shape index (κ2) is 7.80. The van der Waals surface area contributed by atoms with Crippen LogP contribution in [0, 0.1) is 5.41 Å². The molecule has 3 rings (SSSR count). The van der Waals surface area contributed by atoms with Gasteiger partial charge in [-0.05, 0) is 36.9 Å². The van der Waals surface area contributed by atoms with Gasteiger partial charge in [0.1, 0.15) is 5.03 Å². The highest BCUT2D eigenvalue weighted by molar-refractivity contribution is 7.99. The lowest BCUT2D eigenvalue weighted by atomic mass is 9.80. The van der Waals surface area contributed by atoms with Gasteiger partial charge in [-0.1, -0.05) is 48.0 Å². The molecule has 5 nitrogen and oxygen atoms in total. The van der Waals surface area contributed by atoms with Crippen LogP contribution in [0.15, 0.2) is 39.1 Å². The van der Waals surface area contributed by atoms with E-state index in [1.54, 1.807) is 23.9 Å². The molecular weight excluding hydrogens is 391 g/mol. The van der Waals surface area contributed by atoms with E-state index in [2.05, 4.69) is 16.8 Å². The van der Waals surface area contributed by atoms with Gasteiger partial charge in [-0.2, -0.15) is 0 Å². The van der Waals surface area contributed by atoms with Gasteiger partial charge < -0.3 is 15.2 Å². The maximum Gasteiger partial charge on any atom is 0.294 e. The zero-order chi connectivity index (χ0) is 18.9. The molecule has 0 atom stereocenters. The van der Waals surface area contributed by atoms with E-state index in [9.17, 15) is 4.79 Å². The third kappa shape index (κ3) is 3.88. The number of nitrogens with zero attached hydrogens (tertiary/aromatic N) is 3. The predicted molar refractivity (Wildman–Crippen MR) is 109 cm³/mol. The van der Waals surface area contributed by atoms with Crippen LogP contribution in [-0.2, 0) is 7.05 Å². The first-order chi connectivity index (χ1) is 12.3. The lowest BCUT2D eigenvalue weighted by Crippen LogP contribution is -2.44. The molecule has 1 aromatic carbocycles. The SMILES string of the molecule is Cn1c(Sc2cccc(Cl)c2Cl)cnc(N2CCC(C)(CN)CC2)c1=O. The van der Waals surface area contributed by atoms with Crippen molar-refractivity contribution < 1.29 is 0 Å². The van der Waals surface area contributed by atoms with Crippen LogP contribution in [0.2, 0.25) is 10.0 Å². The Kier molecular flexibility index (Phi) is 5.87. The Hall–Kier alpha value is -1.21. The minimum absolute atomic E-state index is 0.107. The van der Waals surface area contributed by atoms with Crippen LogP contribution in [0.5, 0.6) is 0 Å². The van der Waals surface area contributed by atoms with Gasteiger partial charge in [-0.3, -0.25) is 4.79 Å². The monoisotopic (exact) mass is 412 g/mol. The first-order valence-electron chi connectivity index (χ1n) is 8.47. The van der Waals surface area contributed by atoms with E-state index in [1.807, 2.05) is 12.1 Å². The lowest BCUT2D eigenvalue weighted by molar-refractivity contribution is 0.257. The zero-order valence-corrected chi connectivity index (χ0v) is 17.2. The van der Waals surface area contributed by atoms with Crippen LogP contribution in [-0.4, -0.2) is 29.2 Å². The average Bonchev–Trinajstić information content (AvgIpc) is 2.64. The Morgan fingerprint density at radius 3 is 2.65 bits per heavy atom. The molecular formula is C18H22Cl2N4OS. The highest BCUT2D eigenvalue weighted by Crippen LogP contribution is 2.36. The molecule has 26 heavy (non-hydrogen) atoms. The van der Waals surface area contributed by atoms with Crippen molar-refractivity contribution >= 4 is 40.8 Å². The number of halogens is 2. The van der Waals surface area contributed by atoms with Gasteiger partial charge in [0, 0.05) is 25.0 Å². The number of nitrogens with two attached hydrogens (primary N) is 1. The van der Waals surface area contributed by atoms with E-state index in [0.717, 1.165) is 30.8 Å². The molecule has 1 aliphatic rings. The molecule has 0 radical (unpaired) electrons. The predicted octanol–water partition coefficient (Wildman–Crippen LogP) is 3.80. The van der Waals surface area contributed by atoms with E-state index >= 15 is 0 Å². The number of hydrogen-bond donors (Lipinski definition) is 1. The van der Waals surface area contributed by atoms with E-state index in [1.165, 1.54) is 11.8 Å². The van der Waals surface area contributed by atoms with Crippen molar-refractivity contribution in [3.63, 3.8) is 0 Å². The summed E-state index contributed by atoms with van der Waals surface area (Å²) in [5.41, 5.74) is 5.92. The van der Waals surface area contributed by atoms with Crippen molar-refractivity contribution in [3.8, 4) is 0 Å². The van der Waals surface area contributed by atoms with Crippen LogP contribution in [0.25, 0.3) is 0 Å². The number of hydrogen-bond acceptors (Lipinski definition) is 5. The number of anilines is 1. The van der Waals surface area contributed by atoms with Crippen molar-refractivity contribution in [1.29, 1.82) is 0 Å². The molecule has 0 spiro atoms. The van der Waals surface area contributed by atoms with E-state index in [4.69, 9.17) is 28.9 Å². The van der Waals surface area contributed by atoms with Crippen molar-refractivity contribution in [1.82, 2.24) is 9.55 Å². The van der Waals surface area contributed by atoms with Crippen LogP contribution in [0.3, 0.4) is 0 Å². The Morgan fingerprint density at radius 1 is 1.31 bits per heavy atom. The van der Waals surface area contributed by atoms with Gasteiger partial charge >= 0.3 is 0 Å². The average molecular weight is 413 g/mol. The standard InChI is InChI=1S/C18H22Cl2N4OS/c1-18(11-21)6-8-24(9-7-18)16-17(25)23(2)14(10-22-16)26-13-5-3-4-12(19)15(13)20/h3-5,10H,6-9,11,21H2,1-2H3. The largest absolute Gasteiger partial charge is 0.352 e. The molecule has 0 amide bonds. The summed E-state index contributed by atoms with van der Waals surface area (Å²) in [6.45, 7) is 4.46. The van der Waals surface area contributed by atoms with Crippen molar-refractivity contribution in [2.45, 2.75) is 29.7 Å².